The first-order valence-electron chi connectivity index (χ1n) is 9.75. The molecule has 3 atom stereocenters. The van der Waals surface area contributed by atoms with E-state index in [4.69, 9.17) is 11.6 Å². The number of carbonyl (C=O) groups excluding carboxylic acids is 2. The Morgan fingerprint density at radius 3 is 2.90 bits per heavy atom. The number of pyridine rings is 1. The summed E-state index contributed by atoms with van der Waals surface area (Å²) >= 11 is 5.95. The van der Waals surface area contributed by atoms with Crippen LogP contribution in [-0.2, 0) is 13.1 Å². The van der Waals surface area contributed by atoms with Gasteiger partial charge in [0, 0.05) is 30.4 Å². The Kier molecular flexibility index (Phi) is 4.17. The molecule has 8 heteroatoms. The summed E-state index contributed by atoms with van der Waals surface area (Å²) in [4.78, 5) is 40.1. The van der Waals surface area contributed by atoms with Crippen molar-refractivity contribution in [2.24, 2.45) is 5.92 Å². The normalized spacial score (nSPS) is 24.4. The van der Waals surface area contributed by atoms with E-state index in [2.05, 4.69) is 5.32 Å². The van der Waals surface area contributed by atoms with Crippen LogP contribution in [0.3, 0.4) is 0 Å². The summed E-state index contributed by atoms with van der Waals surface area (Å²) in [7, 11) is 0. The van der Waals surface area contributed by atoms with Gasteiger partial charge in [0.25, 0.3) is 11.8 Å². The topological polar surface area (TPSA) is 91.6 Å². The van der Waals surface area contributed by atoms with Crippen molar-refractivity contribution in [2.75, 3.05) is 0 Å². The smallest absolute Gasteiger partial charge is 0.275 e. The zero-order valence-corrected chi connectivity index (χ0v) is 16.4. The van der Waals surface area contributed by atoms with Gasteiger partial charge in [-0.2, -0.15) is 0 Å². The van der Waals surface area contributed by atoms with Crippen LogP contribution in [0.4, 0.5) is 0 Å². The highest BCUT2D eigenvalue weighted by atomic mass is 35.5. The molecule has 1 aliphatic carbocycles. The van der Waals surface area contributed by atoms with Gasteiger partial charge in [-0.3, -0.25) is 14.4 Å². The number of amides is 2. The average Bonchev–Trinajstić information content (AvgIpc) is 3.31. The highest BCUT2D eigenvalue weighted by molar-refractivity contribution is 6.30. The number of aromatic hydroxyl groups is 1. The quantitative estimate of drug-likeness (QED) is 0.806. The van der Waals surface area contributed by atoms with Crippen molar-refractivity contribution in [2.45, 2.75) is 44.4 Å². The first-order chi connectivity index (χ1) is 13.9. The van der Waals surface area contributed by atoms with Crippen LogP contribution in [0.5, 0.6) is 5.75 Å². The summed E-state index contributed by atoms with van der Waals surface area (Å²) in [6.07, 6.45) is 4.45. The lowest BCUT2D eigenvalue weighted by Crippen LogP contribution is -2.52. The number of aromatic nitrogens is 1. The Morgan fingerprint density at radius 2 is 2.10 bits per heavy atom. The zero-order valence-electron chi connectivity index (χ0n) is 15.6. The van der Waals surface area contributed by atoms with Crippen LogP contribution in [0.15, 0.2) is 35.3 Å². The number of nitrogens with zero attached hydrogens (tertiary/aromatic N) is 2. The maximum absolute atomic E-state index is 13.0. The Balaban J connectivity index is 1.45. The van der Waals surface area contributed by atoms with Crippen LogP contribution < -0.4 is 10.7 Å². The second-order valence-corrected chi connectivity index (χ2v) is 8.48. The molecule has 0 unspecified atom stereocenters. The number of nitrogens with one attached hydrogen (secondary N) is 1. The van der Waals surface area contributed by atoms with E-state index in [-0.39, 0.29) is 35.8 Å². The Hall–Kier alpha value is -2.80. The van der Waals surface area contributed by atoms with Gasteiger partial charge in [0.05, 0.1) is 6.04 Å². The summed E-state index contributed by atoms with van der Waals surface area (Å²) in [5, 5.41) is 13.7. The number of hydrogen-bond donors (Lipinski definition) is 2. The van der Waals surface area contributed by atoms with Crippen LogP contribution in [0, 0.1) is 5.92 Å². The molecule has 150 valence electrons. The summed E-state index contributed by atoms with van der Waals surface area (Å²) in [6.45, 7) is 0.686. The molecular weight excluding hydrogens is 394 g/mol. The van der Waals surface area contributed by atoms with Crippen LogP contribution in [-0.4, -0.2) is 38.5 Å². The Morgan fingerprint density at radius 1 is 1.28 bits per heavy atom. The van der Waals surface area contributed by atoms with Gasteiger partial charge in [-0.15, -0.1) is 0 Å². The molecule has 3 aliphatic rings. The van der Waals surface area contributed by atoms with Crippen molar-refractivity contribution < 1.29 is 14.7 Å². The third-order valence-electron chi connectivity index (χ3n) is 6.40. The zero-order chi connectivity index (χ0) is 20.3. The molecule has 2 aromatic rings. The van der Waals surface area contributed by atoms with Crippen molar-refractivity contribution in [3.63, 3.8) is 0 Å². The summed E-state index contributed by atoms with van der Waals surface area (Å²) in [6, 6.07) is 7.31. The molecule has 3 heterocycles. The number of halogens is 1. The molecule has 1 saturated carbocycles. The van der Waals surface area contributed by atoms with E-state index in [9.17, 15) is 19.5 Å². The molecule has 1 aromatic heterocycles. The van der Waals surface area contributed by atoms with Gasteiger partial charge >= 0.3 is 0 Å². The van der Waals surface area contributed by atoms with Crippen molar-refractivity contribution in [3.8, 4) is 5.75 Å². The van der Waals surface area contributed by atoms with Gasteiger partial charge in [0.2, 0.25) is 5.43 Å². The molecule has 2 bridgehead atoms. The minimum Gasteiger partial charge on any atom is -0.503 e. The Bertz CT molecular complexity index is 1100. The van der Waals surface area contributed by atoms with Gasteiger partial charge in [-0.1, -0.05) is 23.7 Å². The lowest BCUT2D eigenvalue weighted by molar-refractivity contribution is 0.0482. The molecular formula is C21H20ClN3O4. The molecule has 2 aliphatic heterocycles. The highest BCUT2D eigenvalue weighted by Gasteiger charge is 2.51. The van der Waals surface area contributed by atoms with E-state index in [0.29, 0.717) is 17.5 Å². The summed E-state index contributed by atoms with van der Waals surface area (Å²) < 4.78 is 1.58. The molecule has 0 spiro atoms. The number of carbonyl (C=O) groups is 2. The van der Waals surface area contributed by atoms with Gasteiger partial charge in [0.1, 0.15) is 5.56 Å². The molecule has 1 saturated heterocycles. The van der Waals surface area contributed by atoms with Crippen LogP contribution in [0.1, 0.15) is 45.7 Å². The number of hydrogen-bond acceptors (Lipinski definition) is 4. The molecule has 2 N–H and O–H groups in total. The summed E-state index contributed by atoms with van der Waals surface area (Å²) in [5.74, 6) is -1.11. The number of piperidine rings is 1. The van der Waals surface area contributed by atoms with E-state index < -0.39 is 17.1 Å². The van der Waals surface area contributed by atoms with Crippen molar-refractivity contribution >= 4 is 23.4 Å². The highest BCUT2D eigenvalue weighted by Crippen LogP contribution is 2.45. The van der Waals surface area contributed by atoms with Crippen molar-refractivity contribution in [1.82, 2.24) is 14.8 Å². The van der Waals surface area contributed by atoms with Crippen LogP contribution in [0.2, 0.25) is 5.02 Å². The van der Waals surface area contributed by atoms with E-state index in [1.165, 1.54) is 6.20 Å². The molecule has 2 fully saturated rings. The summed E-state index contributed by atoms with van der Waals surface area (Å²) in [5.41, 5.74) is -0.209. The van der Waals surface area contributed by atoms with Crippen LogP contribution >= 0.6 is 11.6 Å². The molecule has 1 aromatic carbocycles. The van der Waals surface area contributed by atoms with E-state index in [1.54, 1.807) is 22.8 Å². The fourth-order valence-corrected chi connectivity index (χ4v) is 5.29. The molecule has 0 radical (unpaired) electrons. The number of benzene rings is 1. The van der Waals surface area contributed by atoms with Gasteiger partial charge in [-0.25, -0.2) is 0 Å². The van der Waals surface area contributed by atoms with Gasteiger partial charge in [-0.05, 0) is 42.9 Å². The second-order valence-electron chi connectivity index (χ2n) is 8.04. The lowest BCUT2D eigenvalue weighted by atomic mass is 9.95. The molecule has 2 amide bonds. The minimum absolute atomic E-state index is 0.00908. The first-order valence-corrected chi connectivity index (χ1v) is 10.1. The van der Waals surface area contributed by atoms with Crippen molar-refractivity contribution in [1.29, 1.82) is 0 Å². The molecule has 29 heavy (non-hydrogen) atoms. The third kappa shape index (κ3) is 2.83. The first kappa shape index (κ1) is 18.2. The number of rotatable bonds is 3. The third-order valence-corrected chi connectivity index (χ3v) is 6.64. The monoisotopic (exact) mass is 413 g/mol. The fraction of sp³-hybridized carbons (Fsp3) is 0.381. The van der Waals surface area contributed by atoms with E-state index in [0.717, 1.165) is 24.8 Å². The standard InChI is InChI=1S/C21H20ClN3O4/c22-13-3-1-2-11(6-13)8-23-20(28)15-9-24-10-16-12-4-5-14(7-12)25(16)21(29)17(24)19(27)18(15)26/h1-3,6,9,12,14,16,27H,4-5,7-8,10H2,(H,23,28)/t12-,14+,16+/m1/s1. The Labute approximate surface area is 171 Å². The minimum atomic E-state index is -0.823. The molecule has 5 rings (SSSR count). The predicted molar refractivity (Wildman–Crippen MR) is 106 cm³/mol. The van der Waals surface area contributed by atoms with Gasteiger partial charge < -0.3 is 19.9 Å². The average molecular weight is 414 g/mol. The van der Waals surface area contributed by atoms with Crippen LogP contribution in [0.25, 0.3) is 0 Å². The predicted octanol–water partition coefficient (Wildman–Crippen LogP) is 2.14. The van der Waals surface area contributed by atoms with Gasteiger partial charge in [0.15, 0.2) is 11.4 Å². The number of fused-ring (bicyclic) bond motifs is 6. The maximum Gasteiger partial charge on any atom is 0.275 e. The van der Waals surface area contributed by atoms with E-state index in [1.807, 2.05) is 11.0 Å². The fourth-order valence-electron chi connectivity index (χ4n) is 5.07. The largest absolute Gasteiger partial charge is 0.503 e. The van der Waals surface area contributed by atoms with E-state index >= 15 is 0 Å². The maximum atomic E-state index is 13.0. The lowest BCUT2D eigenvalue weighted by Gasteiger charge is -2.40. The SMILES string of the molecule is O=C(NCc1cccc(Cl)c1)c1cn2c(c(O)c1=O)C(=O)N1[C@H]3CC[C@H](C3)[C@@H]1C2. The van der Waals surface area contributed by atoms with Crippen molar-refractivity contribution in [3.05, 3.63) is 62.5 Å². The molecule has 7 nitrogen and oxygen atoms in total. The second kappa shape index (κ2) is 6.62.